The summed E-state index contributed by atoms with van der Waals surface area (Å²) >= 11 is 6.11. The van der Waals surface area contributed by atoms with Gasteiger partial charge in [0.25, 0.3) is 5.91 Å². The zero-order valence-electron chi connectivity index (χ0n) is 18.4. The molecule has 0 radical (unpaired) electrons. The Balaban J connectivity index is 1.65. The second-order valence-corrected chi connectivity index (χ2v) is 8.29. The third-order valence-electron chi connectivity index (χ3n) is 5.32. The summed E-state index contributed by atoms with van der Waals surface area (Å²) in [7, 11) is 1.20. The minimum absolute atomic E-state index is 0.0451. The minimum atomic E-state index is -4.71. The normalized spacial score (nSPS) is 14.6. The number of rotatable bonds is 8. The molecule has 2 N–H and O–H groups in total. The van der Waals surface area contributed by atoms with Crippen LogP contribution in [0, 0.1) is 5.82 Å². The highest BCUT2D eigenvalue weighted by Crippen LogP contribution is 2.31. The summed E-state index contributed by atoms with van der Waals surface area (Å²) in [5.74, 6) is -3.34. The Labute approximate surface area is 202 Å². The SMILES string of the molecule is COC(=O)c1c(Cl)cccc1-c1ccc(CCNC(=O)C2(NC(=O)CC(F)(F)F)COC2)c(F)c1. The van der Waals surface area contributed by atoms with Crippen LogP contribution in [0.5, 0.6) is 0 Å². The first kappa shape index (κ1) is 26.4. The summed E-state index contributed by atoms with van der Waals surface area (Å²) in [5.41, 5.74) is -0.491. The summed E-state index contributed by atoms with van der Waals surface area (Å²) in [6.45, 7) is -0.585. The van der Waals surface area contributed by atoms with Gasteiger partial charge in [0, 0.05) is 6.54 Å². The van der Waals surface area contributed by atoms with E-state index in [4.69, 9.17) is 21.1 Å². The molecule has 0 spiro atoms. The quantitative estimate of drug-likeness (QED) is 0.414. The second kappa shape index (κ2) is 10.6. The molecule has 0 unspecified atom stereocenters. The topological polar surface area (TPSA) is 93.7 Å². The summed E-state index contributed by atoms with van der Waals surface area (Å²) in [6.07, 6.45) is -6.37. The Hall–Kier alpha value is -3.18. The zero-order valence-corrected chi connectivity index (χ0v) is 19.2. The number of carbonyl (C=O) groups is 3. The highest BCUT2D eigenvalue weighted by atomic mass is 35.5. The minimum Gasteiger partial charge on any atom is -0.465 e. The van der Waals surface area contributed by atoms with E-state index in [1.54, 1.807) is 18.2 Å². The van der Waals surface area contributed by atoms with Gasteiger partial charge in [-0.15, -0.1) is 0 Å². The molecule has 1 fully saturated rings. The van der Waals surface area contributed by atoms with Gasteiger partial charge in [0.05, 0.1) is 30.9 Å². The first-order chi connectivity index (χ1) is 16.5. The fourth-order valence-corrected chi connectivity index (χ4v) is 3.78. The molecule has 1 aliphatic heterocycles. The fourth-order valence-electron chi connectivity index (χ4n) is 3.53. The summed E-state index contributed by atoms with van der Waals surface area (Å²) in [5, 5.41) is 4.72. The van der Waals surface area contributed by atoms with Gasteiger partial charge in [-0.1, -0.05) is 35.9 Å². The van der Waals surface area contributed by atoms with Crippen LogP contribution < -0.4 is 10.6 Å². The predicted molar refractivity (Wildman–Crippen MR) is 117 cm³/mol. The molecular weight excluding hydrogens is 496 g/mol. The molecule has 1 heterocycles. The van der Waals surface area contributed by atoms with Gasteiger partial charge in [-0.25, -0.2) is 9.18 Å². The molecule has 2 aromatic rings. The molecule has 7 nitrogen and oxygen atoms in total. The Kier molecular flexibility index (Phi) is 8.01. The van der Waals surface area contributed by atoms with Crippen LogP contribution in [0.3, 0.4) is 0 Å². The van der Waals surface area contributed by atoms with Crippen LogP contribution in [0.1, 0.15) is 22.3 Å². The second-order valence-electron chi connectivity index (χ2n) is 7.88. The van der Waals surface area contributed by atoms with E-state index in [1.807, 2.05) is 0 Å². The number of hydrogen-bond acceptors (Lipinski definition) is 5. The van der Waals surface area contributed by atoms with Crippen molar-refractivity contribution < 1.29 is 41.4 Å². The highest BCUT2D eigenvalue weighted by Gasteiger charge is 2.48. The molecule has 188 valence electrons. The largest absolute Gasteiger partial charge is 0.465 e. The molecule has 0 atom stereocenters. The summed E-state index contributed by atoms with van der Waals surface area (Å²) in [4.78, 5) is 36.2. The van der Waals surface area contributed by atoms with Gasteiger partial charge in [-0.3, -0.25) is 9.59 Å². The zero-order chi connectivity index (χ0) is 25.8. The lowest BCUT2D eigenvalue weighted by Crippen LogP contribution is -2.70. The van der Waals surface area contributed by atoms with Gasteiger partial charge >= 0.3 is 12.1 Å². The van der Waals surface area contributed by atoms with Crippen molar-refractivity contribution in [2.24, 2.45) is 0 Å². The van der Waals surface area contributed by atoms with E-state index in [0.29, 0.717) is 11.1 Å². The highest BCUT2D eigenvalue weighted by molar-refractivity contribution is 6.34. The lowest BCUT2D eigenvalue weighted by molar-refractivity contribution is -0.166. The molecule has 1 aliphatic rings. The van der Waals surface area contributed by atoms with Crippen LogP contribution in [-0.4, -0.2) is 56.4 Å². The molecule has 1 saturated heterocycles. The van der Waals surface area contributed by atoms with Gasteiger partial charge < -0.3 is 20.1 Å². The van der Waals surface area contributed by atoms with Crippen molar-refractivity contribution in [1.29, 1.82) is 0 Å². The molecule has 35 heavy (non-hydrogen) atoms. The standard InChI is InChI=1S/C23H21ClF4N2O5/c1-34-20(32)19-15(3-2-4-16(19)24)14-6-5-13(17(25)9-14)7-8-29-21(33)22(11-35-12-22)30-18(31)10-23(26,27)28/h2-6,9H,7-8,10-12H2,1H3,(H,29,33)(H,30,31). The number of alkyl halides is 3. The van der Waals surface area contributed by atoms with Gasteiger partial charge in [0.2, 0.25) is 5.91 Å². The Morgan fingerprint density at radius 3 is 2.46 bits per heavy atom. The van der Waals surface area contributed by atoms with Crippen LogP contribution in [0.15, 0.2) is 36.4 Å². The van der Waals surface area contributed by atoms with E-state index in [-0.39, 0.29) is 42.3 Å². The molecule has 2 aromatic carbocycles. The van der Waals surface area contributed by atoms with Crippen LogP contribution in [-0.2, 0) is 25.5 Å². The number of carbonyl (C=O) groups excluding carboxylic acids is 3. The summed E-state index contributed by atoms with van der Waals surface area (Å²) in [6, 6.07) is 8.99. The molecule has 3 rings (SSSR count). The molecule has 0 saturated carbocycles. The van der Waals surface area contributed by atoms with E-state index >= 15 is 0 Å². The van der Waals surface area contributed by atoms with E-state index in [2.05, 4.69) is 10.6 Å². The van der Waals surface area contributed by atoms with Crippen LogP contribution in [0.4, 0.5) is 17.6 Å². The van der Waals surface area contributed by atoms with Gasteiger partial charge in [0.1, 0.15) is 12.2 Å². The Morgan fingerprint density at radius 1 is 1.17 bits per heavy atom. The molecule has 0 aromatic heterocycles. The van der Waals surface area contributed by atoms with Gasteiger partial charge in [0.15, 0.2) is 5.54 Å². The van der Waals surface area contributed by atoms with E-state index in [9.17, 15) is 31.9 Å². The first-order valence-electron chi connectivity index (χ1n) is 10.4. The number of ether oxygens (including phenoxy) is 2. The summed E-state index contributed by atoms with van der Waals surface area (Å²) < 4.78 is 61.7. The van der Waals surface area contributed by atoms with Gasteiger partial charge in [-0.2, -0.15) is 13.2 Å². The molecule has 0 bridgehead atoms. The van der Waals surface area contributed by atoms with E-state index in [1.165, 1.54) is 25.3 Å². The van der Waals surface area contributed by atoms with Crippen molar-refractivity contribution in [2.75, 3.05) is 26.9 Å². The number of hydrogen-bond donors (Lipinski definition) is 2. The first-order valence-corrected chi connectivity index (χ1v) is 10.7. The molecule has 0 aliphatic carbocycles. The average Bonchev–Trinajstić information content (AvgIpc) is 2.75. The Bertz CT molecular complexity index is 1140. The maximum atomic E-state index is 14.8. The third-order valence-corrected chi connectivity index (χ3v) is 5.63. The van der Waals surface area contributed by atoms with Crippen molar-refractivity contribution in [3.05, 3.63) is 58.4 Å². The van der Waals surface area contributed by atoms with Crippen molar-refractivity contribution in [1.82, 2.24) is 10.6 Å². The van der Waals surface area contributed by atoms with E-state index < -0.39 is 41.7 Å². The number of nitrogens with one attached hydrogen (secondary N) is 2. The predicted octanol–water partition coefficient (Wildman–Crippen LogP) is 3.43. The van der Waals surface area contributed by atoms with Crippen LogP contribution in [0.2, 0.25) is 5.02 Å². The van der Waals surface area contributed by atoms with Crippen molar-refractivity contribution in [3.63, 3.8) is 0 Å². The lowest BCUT2D eigenvalue weighted by Gasteiger charge is -2.40. The van der Waals surface area contributed by atoms with Gasteiger partial charge in [-0.05, 0) is 35.2 Å². The molecule has 12 heteroatoms. The number of halogens is 5. The molecule has 2 amide bonds. The fraction of sp³-hybridized carbons (Fsp3) is 0.348. The number of amides is 2. The monoisotopic (exact) mass is 516 g/mol. The van der Waals surface area contributed by atoms with Crippen LogP contribution >= 0.6 is 11.6 Å². The van der Waals surface area contributed by atoms with Crippen molar-refractivity contribution >= 4 is 29.4 Å². The van der Waals surface area contributed by atoms with E-state index in [0.717, 1.165) is 0 Å². The number of esters is 1. The maximum absolute atomic E-state index is 14.8. The molecular formula is C23H21ClF4N2O5. The number of methoxy groups -OCH3 is 1. The average molecular weight is 517 g/mol. The van der Waals surface area contributed by atoms with Crippen molar-refractivity contribution in [2.45, 2.75) is 24.6 Å². The van der Waals surface area contributed by atoms with Crippen LogP contribution in [0.25, 0.3) is 11.1 Å². The number of benzene rings is 2. The third kappa shape index (κ3) is 6.29. The maximum Gasteiger partial charge on any atom is 0.397 e. The Morgan fingerprint density at radius 2 is 1.89 bits per heavy atom. The van der Waals surface area contributed by atoms with Crippen molar-refractivity contribution in [3.8, 4) is 11.1 Å². The smallest absolute Gasteiger partial charge is 0.397 e. The lowest BCUT2D eigenvalue weighted by atomic mass is 9.95.